The number of anilines is 1. The second-order valence-corrected chi connectivity index (χ2v) is 5.38. The van der Waals surface area contributed by atoms with Crippen LogP contribution in [0.5, 0.6) is 0 Å². The van der Waals surface area contributed by atoms with Gasteiger partial charge in [0.05, 0.1) is 6.10 Å². The monoisotopic (exact) mass is 262 g/mol. The molecule has 1 aliphatic rings. The molecular formula is C15H22N2O2. The highest BCUT2D eigenvalue weighted by atomic mass is 16.3. The van der Waals surface area contributed by atoms with Crippen molar-refractivity contribution in [2.45, 2.75) is 38.7 Å². The molecule has 2 amide bonds. The Labute approximate surface area is 114 Å². The van der Waals surface area contributed by atoms with Gasteiger partial charge in [-0.25, -0.2) is 4.79 Å². The second-order valence-electron chi connectivity index (χ2n) is 5.38. The van der Waals surface area contributed by atoms with E-state index in [0.29, 0.717) is 12.5 Å². The molecule has 0 atom stereocenters. The van der Waals surface area contributed by atoms with Crippen LogP contribution in [0.4, 0.5) is 10.5 Å². The number of rotatable bonds is 3. The molecule has 0 bridgehead atoms. The zero-order valence-corrected chi connectivity index (χ0v) is 11.4. The van der Waals surface area contributed by atoms with E-state index in [4.69, 9.17) is 0 Å². The summed E-state index contributed by atoms with van der Waals surface area (Å²) in [6.07, 6.45) is 3.55. The summed E-state index contributed by atoms with van der Waals surface area (Å²) in [6.45, 7) is 2.68. The molecule has 0 saturated heterocycles. The van der Waals surface area contributed by atoms with Gasteiger partial charge in [-0.15, -0.1) is 0 Å². The van der Waals surface area contributed by atoms with Gasteiger partial charge in [-0.3, -0.25) is 0 Å². The number of hydrogen-bond donors (Lipinski definition) is 3. The SMILES string of the molecule is Cc1cccc(NC(=O)NCC2CCC(O)CC2)c1. The maximum absolute atomic E-state index is 11.8. The Balaban J connectivity index is 1.73. The van der Waals surface area contributed by atoms with Crippen molar-refractivity contribution in [2.75, 3.05) is 11.9 Å². The lowest BCUT2D eigenvalue weighted by Gasteiger charge is -2.25. The number of amides is 2. The molecule has 0 spiro atoms. The Morgan fingerprint density at radius 2 is 2.05 bits per heavy atom. The van der Waals surface area contributed by atoms with Gasteiger partial charge in [0.1, 0.15) is 0 Å². The highest BCUT2D eigenvalue weighted by Crippen LogP contribution is 2.23. The molecule has 1 saturated carbocycles. The molecule has 1 aromatic rings. The van der Waals surface area contributed by atoms with E-state index in [0.717, 1.165) is 36.9 Å². The molecule has 2 rings (SSSR count). The Kier molecular flexibility index (Phi) is 4.80. The number of nitrogens with one attached hydrogen (secondary N) is 2. The fourth-order valence-electron chi connectivity index (χ4n) is 2.48. The molecule has 0 heterocycles. The minimum atomic E-state index is -0.156. The van der Waals surface area contributed by atoms with E-state index in [1.165, 1.54) is 0 Å². The van der Waals surface area contributed by atoms with Gasteiger partial charge >= 0.3 is 6.03 Å². The van der Waals surface area contributed by atoms with Gasteiger partial charge in [-0.05, 0) is 56.2 Å². The molecule has 0 aliphatic heterocycles. The van der Waals surface area contributed by atoms with E-state index in [2.05, 4.69) is 10.6 Å². The zero-order chi connectivity index (χ0) is 13.7. The van der Waals surface area contributed by atoms with Crippen molar-refractivity contribution in [1.29, 1.82) is 0 Å². The van der Waals surface area contributed by atoms with Crippen LogP contribution >= 0.6 is 0 Å². The Morgan fingerprint density at radius 3 is 2.74 bits per heavy atom. The lowest BCUT2D eigenvalue weighted by molar-refractivity contribution is 0.109. The number of urea groups is 1. The highest BCUT2D eigenvalue weighted by Gasteiger charge is 2.19. The molecule has 0 aromatic heterocycles. The molecule has 104 valence electrons. The topological polar surface area (TPSA) is 61.4 Å². The molecule has 19 heavy (non-hydrogen) atoms. The Hall–Kier alpha value is -1.55. The number of hydrogen-bond acceptors (Lipinski definition) is 2. The first-order chi connectivity index (χ1) is 9.13. The summed E-state index contributed by atoms with van der Waals surface area (Å²) in [5.41, 5.74) is 1.94. The first-order valence-corrected chi connectivity index (χ1v) is 6.93. The van der Waals surface area contributed by atoms with E-state index in [9.17, 15) is 9.90 Å². The van der Waals surface area contributed by atoms with Crippen LogP contribution in [0.1, 0.15) is 31.2 Å². The first-order valence-electron chi connectivity index (χ1n) is 6.93. The van der Waals surface area contributed by atoms with Crippen LogP contribution < -0.4 is 10.6 Å². The van der Waals surface area contributed by atoms with Gasteiger partial charge in [0.2, 0.25) is 0 Å². The van der Waals surface area contributed by atoms with E-state index < -0.39 is 0 Å². The van der Waals surface area contributed by atoms with Crippen molar-refractivity contribution in [3.8, 4) is 0 Å². The van der Waals surface area contributed by atoms with Crippen LogP contribution in [0.2, 0.25) is 0 Å². The summed E-state index contributed by atoms with van der Waals surface area (Å²) in [7, 11) is 0. The molecule has 0 radical (unpaired) electrons. The number of carbonyl (C=O) groups excluding carboxylic acids is 1. The summed E-state index contributed by atoms with van der Waals surface area (Å²) < 4.78 is 0. The summed E-state index contributed by atoms with van der Waals surface area (Å²) in [4.78, 5) is 11.8. The molecule has 1 aromatic carbocycles. The fourth-order valence-corrected chi connectivity index (χ4v) is 2.48. The van der Waals surface area contributed by atoms with Crippen LogP contribution in [0.15, 0.2) is 24.3 Å². The van der Waals surface area contributed by atoms with Crippen molar-refractivity contribution in [3.63, 3.8) is 0 Å². The summed E-state index contributed by atoms with van der Waals surface area (Å²) >= 11 is 0. The summed E-state index contributed by atoms with van der Waals surface area (Å²) in [6, 6.07) is 7.58. The van der Waals surface area contributed by atoms with Crippen molar-refractivity contribution in [2.24, 2.45) is 5.92 Å². The number of aliphatic hydroxyl groups excluding tert-OH is 1. The minimum absolute atomic E-state index is 0.141. The van der Waals surface area contributed by atoms with Gasteiger partial charge in [0.25, 0.3) is 0 Å². The molecule has 1 aliphatic carbocycles. The number of benzene rings is 1. The van der Waals surface area contributed by atoms with Gasteiger partial charge in [-0.1, -0.05) is 12.1 Å². The van der Waals surface area contributed by atoms with Gasteiger partial charge in [0, 0.05) is 12.2 Å². The first kappa shape index (κ1) is 13.9. The smallest absolute Gasteiger partial charge is 0.319 e. The van der Waals surface area contributed by atoms with Crippen LogP contribution in [0, 0.1) is 12.8 Å². The Bertz CT molecular complexity index is 426. The third-order valence-electron chi connectivity index (χ3n) is 3.64. The molecule has 3 N–H and O–H groups in total. The molecule has 0 unspecified atom stereocenters. The van der Waals surface area contributed by atoms with Crippen LogP contribution in [-0.2, 0) is 0 Å². The fraction of sp³-hybridized carbons (Fsp3) is 0.533. The van der Waals surface area contributed by atoms with E-state index in [1.807, 2.05) is 31.2 Å². The van der Waals surface area contributed by atoms with Crippen LogP contribution in [0.3, 0.4) is 0 Å². The standard InChI is InChI=1S/C15H22N2O2/c1-11-3-2-4-13(9-11)17-15(19)16-10-12-5-7-14(18)8-6-12/h2-4,9,12,14,18H,5-8,10H2,1H3,(H2,16,17,19). The molecule has 4 heteroatoms. The third-order valence-corrected chi connectivity index (χ3v) is 3.64. The number of aryl methyl sites for hydroxylation is 1. The van der Waals surface area contributed by atoms with Gasteiger partial charge < -0.3 is 15.7 Å². The number of aliphatic hydroxyl groups is 1. The summed E-state index contributed by atoms with van der Waals surface area (Å²) in [5, 5.41) is 15.2. The van der Waals surface area contributed by atoms with Crippen molar-refractivity contribution in [3.05, 3.63) is 29.8 Å². The molecule has 1 fully saturated rings. The van der Waals surface area contributed by atoms with E-state index >= 15 is 0 Å². The normalized spacial score (nSPS) is 22.8. The van der Waals surface area contributed by atoms with Crippen molar-refractivity contribution < 1.29 is 9.90 Å². The van der Waals surface area contributed by atoms with Gasteiger partial charge in [-0.2, -0.15) is 0 Å². The quantitative estimate of drug-likeness (QED) is 0.784. The third kappa shape index (κ3) is 4.56. The average Bonchev–Trinajstić information content (AvgIpc) is 2.38. The second kappa shape index (κ2) is 6.57. The lowest BCUT2D eigenvalue weighted by atomic mass is 9.87. The van der Waals surface area contributed by atoms with Crippen molar-refractivity contribution >= 4 is 11.7 Å². The van der Waals surface area contributed by atoms with E-state index in [-0.39, 0.29) is 12.1 Å². The van der Waals surface area contributed by atoms with E-state index in [1.54, 1.807) is 0 Å². The maximum Gasteiger partial charge on any atom is 0.319 e. The lowest BCUT2D eigenvalue weighted by Crippen LogP contribution is -2.34. The van der Waals surface area contributed by atoms with Crippen molar-refractivity contribution in [1.82, 2.24) is 5.32 Å². The van der Waals surface area contributed by atoms with Crippen LogP contribution in [0.25, 0.3) is 0 Å². The molecule has 4 nitrogen and oxygen atoms in total. The van der Waals surface area contributed by atoms with Gasteiger partial charge in [0.15, 0.2) is 0 Å². The summed E-state index contributed by atoms with van der Waals surface area (Å²) in [5.74, 6) is 0.492. The largest absolute Gasteiger partial charge is 0.393 e. The zero-order valence-electron chi connectivity index (χ0n) is 11.4. The Morgan fingerprint density at radius 1 is 1.32 bits per heavy atom. The predicted molar refractivity (Wildman–Crippen MR) is 76.2 cm³/mol. The molecular weight excluding hydrogens is 240 g/mol. The highest BCUT2D eigenvalue weighted by molar-refractivity contribution is 5.89. The predicted octanol–water partition coefficient (Wildman–Crippen LogP) is 2.67. The average molecular weight is 262 g/mol. The minimum Gasteiger partial charge on any atom is -0.393 e. The maximum atomic E-state index is 11.8. The van der Waals surface area contributed by atoms with Crippen LogP contribution in [-0.4, -0.2) is 23.8 Å². The number of carbonyl (C=O) groups is 1.